The van der Waals surface area contributed by atoms with Gasteiger partial charge in [-0.05, 0) is 67.7 Å². The van der Waals surface area contributed by atoms with E-state index in [1.54, 1.807) is 0 Å². The number of rotatable bonds is 5. The second-order valence-electron chi connectivity index (χ2n) is 7.00. The van der Waals surface area contributed by atoms with Gasteiger partial charge in [0.15, 0.2) is 0 Å². The second-order valence-corrected chi connectivity index (χ2v) is 7.44. The predicted octanol–water partition coefficient (Wildman–Crippen LogP) is 4.36. The predicted molar refractivity (Wildman–Crippen MR) is 86.0 cm³/mol. The molecule has 2 fully saturated rings. The lowest BCUT2D eigenvalue weighted by Gasteiger charge is -2.28. The fourth-order valence-corrected chi connectivity index (χ4v) is 4.64. The van der Waals surface area contributed by atoms with Crippen molar-refractivity contribution in [2.45, 2.75) is 45.1 Å². The first-order valence-corrected chi connectivity index (χ1v) is 8.82. The molecular formula is C18H24ClNO. The van der Waals surface area contributed by atoms with Crippen LogP contribution in [-0.4, -0.2) is 13.2 Å². The molecule has 1 heterocycles. The second kappa shape index (κ2) is 5.48. The molecule has 0 radical (unpaired) electrons. The summed E-state index contributed by atoms with van der Waals surface area (Å²) in [7, 11) is 0. The van der Waals surface area contributed by atoms with Gasteiger partial charge in [0.1, 0.15) is 5.75 Å². The molecule has 3 unspecified atom stereocenters. The maximum atomic E-state index is 6.37. The lowest BCUT2D eigenvalue weighted by Crippen LogP contribution is -2.29. The number of ether oxygens (including phenoxy) is 1. The summed E-state index contributed by atoms with van der Waals surface area (Å²) in [6, 6.07) is 4.64. The van der Waals surface area contributed by atoms with Gasteiger partial charge < -0.3 is 10.1 Å². The highest BCUT2D eigenvalue weighted by Gasteiger charge is 2.48. The van der Waals surface area contributed by atoms with Gasteiger partial charge in [0, 0.05) is 23.0 Å². The highest BCUT2D eigenvalue weighted by atomic mass is 35.5. The molecule has 3 heteroatoms. The number of benzene rings is 1. The van der Waals surface area contributed by atoms with Crippen LogP contribution >= 0.6 is 11.6 Å². The average Bonchev–Trinajstić information content (AvgIpc) is 2.89. The lowest BCUT2D eigenvalue weighted by molar-refractivity contribution is 0.315. The molecule has 0 spiro atoms. The van der Waals surface area contributed by atoms with Crippen molar-refractivity contribution in [3.8, 4) is 5.75 Å². The van der Waals surface area contributed by atoms with Gasteiger partial charge in [-0.3, -0.25) is 0 Å². The molecule has 1 aliphatic heterocycles. The van der Waals surface area contributed by atoms with E-state index in [1.807, 2.05) is 0 Å². The molecule has 1 N–H and O–H groups in total. The van der Waals surface area contributed by atoms with Crippen molar-refractivity contribution in [1.82, 2.24) is 5.32 Å². The number of halogens is 1. The first-order chi connectivity index (χ1) is 10.3. The van der Waals surface area contributed by atoms with Crippen molar-refractivity contribution in [1.29, 1.82) is 0 Å². The maximum Gasteiger partial charge on any atom is 0.127 e. The number of hydrogen-bond acceptors (Lipinski definition) is 2. The molecule has 2 aliphatic carbocycles. The van der Waals surface area contributed by atoms with Gasteiger partial charge in [-0.1, -0.05) is 18.5 Å². The van der Waals surface area contributed by atoms with Gasteiger partial charge in [0.25, 0.3) is 0 Å². The van der Waals surface area contributed by atoms with Gasteiger partial charge in [-0.2, -0.15) is 0 Å². The zero-order valence-electron chi connectivity index (χ0n) is 12.7. The van der Waals surface area contributed by atoms with Gasteiger partial charge in [-0.25, -0.2) is 0 Å². The van der Waals surface area contributed by atoms with E-state index in [9.17, 15) is 0 Å². The van der Waals surface area contributed by atoms with Crippen molar-refractivity contribution in [2.75, 3.05) is 13.2 Å². The van der Waals surface area contributed by atoms with E-state index in [4.69, 9.17) is 16.3 Å². The third-order valence-electron chi connectivity index (χ3n) is 5.48. The molecular weight excluding hydrogens is 282 g/mol. The van der Waals surface area contributed by atoms with Crippen LogP contribution in [0.3, 0.4) is 0 Å². The van der Waals surface area contributed by atoms with Gasteiger partial charge in [0.2, 0.25) is 0 Å². The van der Waals surface area contributed by atoms with Crippen LogP contribution in [0.4, 0.5) is 0 Å². The first kappa shape index (κ1) is 13.9. The molecule has 1 aromatic rings. The minimum Gasteiger partial charge on any atom is -0.493 e. The largest absolute Gasteiger partial charge is 0.493 e. The zero-order chi connectivity index (χ0) is 14.4. The van der Waals surface area contributed by atoms with Crippen LogP contribution in [0.25, 0.3) is 0 Å². The fourth-order valence-electron chi connectivity index (χ4n) is 4.39. The molecule has 3 atom stereocenters. The van der Waals surface area contributed by atoms with E-state index in [0.29, 0.717) is 6.04 Å². The number of fused-ring (bicyclic) bond motifs is 2. The SMILES string of the molecule is CCCNC(c1cc(Cl)cc2c1OCC2)C1CC2CC2C1. The maximum absolute atomic E-state index is 6.37. The molecule has 2 saturated carbocycles. The van der Waals surface area contributed by atoms with E-state index in [-0.39, 0.29) is 0 Å². The Bertz CT molecular complexity index is 534. The standard InChI is InChI=1S/C18H24ClNO/c1-2-4-20-17(14-7-12-6-13(12)8-14)16-10-15(19)9-11-3-5-21-18(11)16/h9-10,12-14,17,20H,2-8H2,1H3. The summed E-state index contributed by atoms with van der Waals surface area (Å²) < 4.78 is 5.94. The topological polar surface area (TPSA) is 21.3 Å². The van der Waals surface area contributed by atoms with Crippen molar-refractivity contribution in [3.05, 3.63) is 28.3 Å². The highest BCUT2D eigenvalue weighted by Crippen LogP contribution is 2.58. The minimum atomic E-state index is 0.420. The number of hydrogen-bond donors (Lipinski definition) is 1. The quantitative estimate of drug-likeness (QED) is 0.872. The average molecular weight is 306 g/mol. The van der Waals surface area contributed by atoms with Crippen LogP contribution < -0.4 is 10.1 Å². The Morgan fingerprint density at radius 3 is 2.86 bits per heavy atom. The summed E-state index contributed by atoms with van der Waals surface area (Å²) in [5, 5.41) is 4.65. The van der Waals surface area contributed by atoms with Crippen molar-refractivity contribution >= 4 is 11.6 Å². The summed E-state index contributed by atoms with van der Waals surface area (Å²) >= 11 is 6.37. The molecule has 21 heavy (non-hydrogen) atoms. The Morgan fingerprint density at radius 1 is 1.29 bits per heavy atom. The van der Waals surface area contributed by atoms with Crippen LogP contribution in [-0.2, 0) is 6.42 Å². The van der Waals surface area contributed by atoms with Gasteiger partial charge in [0.05, 0.1) is 6.61 Å². The van der Waals surface area contributed by atoms with E-state index >= 15 is 0 Å². The monoisotopic (exact) mass is 305 g/mol. The van der Waals surface area contributed by atoms with Crippen LogP contribution in [0.1, 0.15) is 49.8 Å². The van der Waals surface area contributed by atoms with Crippen molar-refractivity contribution < 1.29 is 4.74 Å². The Morgan fingerprint density at radius 2 is 2.10 bits per heavy atom. The first-order valence-electron chi connectivity index (χ1n) is 8.44. The number of nitrogens with one attached hydrogen (secondary N) is 1. The molecule has 2 nitrogen and oxygen atoms in total. The third-order valence-corrected chi connectivity index (χ3v) is 5.70. The van der Waals surface area contributed by atoms with Crippen LogP contribution in [0.5, 0.6) is 5.75 Å². The highest BCUT2D eigenvalue weighted by molar-refractivity contribution is 6.30. The summed E-state index contributed by atoms with van der Waals surface area (Å²) in [5.74, 6) is 3.89. The summed E-state index contributed by atoms with van der Waals surface area (Å²) in [4.78, 5) is 0. The van der Waals surface area contributed by atoms with Crippen LogP contribution in [0.15, 0.2) is 12.1 Å². The Labute approximate surface area is 132 Å². The molecule has 0 bridgehead atoms. The normalized spacial score (nSPS) is 30.7. The Kier molecular flexibility index (Phi) is 3.63. The third kappa shape index (κ3) is 2.57. The Hall–Kier alpha value is -0.730. The molecule has 1 aromatic carbocycles. The Balaban J connectivity index is 1.66. The summed E-state index contributed by atoms with van der Waals surface area (Å²) in [6.07, 6.45) is 6.40. The van der Waals surface area contributed by atoms with Gasteiger partial charge >= 0.3 is 0 Å². The lowest BCUT2D eigenvalue weighted by atomic mass is 9.87. The zero-order valence-corrected chi connectivity index (χ0v) is 13.5. The van der Waals surface area contributed by atoms with E-state index < -0.39 is 0 Å². The molecule has 0 saturated heterocycles. The van der Waals surface area contributed by atoms with Crippen molar-refractivity contribution in [2.24, 2.45) is 17.8 Å². The van der Waals surface area contributed by atoms with Crippen molar-refractivity contribution in [3.63, 3.8) is 0 Å². The van der Waals surface area contributed by atoms with Crippen LogP contribution in [0.2, 0.25) is 5.02 Å². The minimum absolute atomic E-state index is 0.420. The smallest absolute Gasteiger partial charge is 0.127 e. The molecule has 114 valence electrons. The summed E-state index contributed by atoms with van der Waals surface area (Å²) in [5.41, 5.74) is 2.61. The van der Waals surface area contributed by atoms with Gasteiger partial charge in [-0.15, -0.1) is 0 Å². The van der Waals surface area contributed by atoms with E-state index in [1.165, 1.54) is 36.8 Å². The molecule has 0 amide bonds. The molecule has 3 aliphatic rings. The van der Waals surface area contributed by atoms with E-state index in [2.05, 4.69) is 24.4 Å². The molecule has 0 aromatic heterocycles. The van der Waals surface area contributed by atoms with E-state index in [0.717, 1.165) is 48.1 Å². The summed E-state index contributed by atoms with van der Waals surface area (Å²) in [6.45, 7) is 4.10. The van der Waals surface area contributed by atoms with Crippen LogP contribution in [0, 0.1) is 17.8 Å². The molecule has 4 rings (SSSR count). The fraction of sp³-hybridized carbons (Fsp3) is 0.667.